The second-order valence-corrected chi connectivity index (χ2v) is 5.87. The number of nitrogens with one attached hydrogen (secondary N) is 1. The fraction of sp³-hybridized carbons (Fsp3) is 0.333. The summed E-state index contributed by atoms with van der Waals surface area (Å²) in [6.07, 6.45) is 3.43. The van der Waals surface area contributed by atoms with Crippen molar-refractivity contribution < 1.29 is 4.39 Å². The normalized spacial score (nSPS) is 18.4. The first-order chi connectivity index (χ1) is 8.74. The fourth-order valence-electron chi connectivity index (χ4n) is 2.56. The van der Waals surface area contributed by atoms with Gasteiger partial charge in [-0.2, -0.15) is 0 Å². The van der Waals surface area contributed by atoms with Gasteiger partial charge in [0.05, 0.1) is 11.7 Å². The van der Waals surface area contributed by atoms with E-state index >= 15 is 0 Å². The Hall–Kier alpha value is -1.35. The fourth-order valence-corrected chi connectivity index (χ4v) is 3.55. The van der Waals surface area contributed by atoms with Crippen LogP contribution in [0.2, 0.25) is 0 Å². The molecule has 2 aromatic rings. The molecule has 0 saturated heterocycles. The molecule has 3 heteroatoms. The standard InChI is InChI=1S/C15H16FNS/c1-10-5-6-14(12(16)9-10)17-13-3-2-4-15-11(13)7-8-18-15/h5-9,13,17H,2-4H2,1H3. The van der Waals surface area contributed by atoms with Gasteiger partial charge >= 0.3 is 0 Å². The molecule has 0 bridgehead atoms. The summed E-state index contributed by atoms with van der Waals surface area (Å²) in [4.78, 5) is 1.45. The molecule has 0 radical (unpaired) electrons. The van der Waals surface area contributed by atoms with E-state index in [-0.39, 0.29) is 11.9 Å². The molecule has 0 spiro atoms. The monoisotopic (exact) mass is 261 g/mol. The first-order valence-corrected chi connectivity index (χ1v) is 7.21. The largest absolute Gasteiger partial charge is 0.376 e. The van der Waals surface area contributed by atoms with Crippen LogP contribution in [0.25, 0.3) is 0 Å². The minimum Gasteiger partial charge on any atom is -0.376 e. The van der Waals surface area contributed by atoms with E-state index in [2.05, 4.69) is 16.8 Å². The van der Waals surface area contributed by atoms with Crippen molar-refractivity contribution >= 4 is 17.0 Å². The van der Waals surface area contributed by atoms with Crippen LogP contribution in [0.5, 0.6) is 0 Å². The molecule has 18 heavy (non-hydrogen) atoms. The van der Waals surface area contributed by atoms with Crippen molar-refractivity contribution in [2.75, 3.05) is 5.32 Å². The first kappa shape index (κ1) is 11.7. The van der Waals surface area contributed by atoms with Gasteiger partial charge < -0.3 is 5.32 Å². The third-order valence-corrected chi connectivity index (χ3v) is 4.50. The Morgan fingerprint density at radius 1 is 1.33 bits per heavy atom. The summed E-state index contributed by atoms with van der Waals surface area (Å²) in [5.41, 5.74) is 2.92. The zero-order chi connectivity index (χ0) is 12.5. The molecule has 0 saturated carbocycles. The molecular formula is C15H16FNS. The molecule has 1 aliphatic rings. The van der Waals surface area contributed by atoms with Crippen LogP contribution in [0.1, 0.15) is 34.9 Å². The maximum Gasteiger partial charge on any atom is 0.146 e. The molecule has 94 valence electrons. The van der Waals surface area contributed by atoms with E-state index in [9.17, 15) is 4.39 Å². The summed E-state index contributed by atoms with van der Waals surface area (Å²) in [6.45, 7) is 1.91. The number of thiophene rings is 1. The second kappa shape index (κ2) is 4.73. The Balaban J connectivity index is 1.86. The number of anilines is 1. The molecule has 3 rings (SSSR count). The van der Waals surface area contributed by atoms with Crippen LogP contribution in [-0.2, 0) is 6.42 Å². The van der Waals surface area contributed by atoms with Crippen LogP contribution in [0.3, 0.4) is 0 Å². The number of halogens is 1. The minimum atomic E-state index is -0.155. The zero-order valence-electron chi connectivity index (χ0n) is 10.4. The lowest BCUT2D eigenvalue weighted by molar-refractivity contribution is 0.592. The van der Waals surface area contributed by atoms with Gasteiger partial charge in [-0.05, 0) is 60.9 Å². The molecule has 1 aromatic heterocycles. The summed E-state index contributed by atoms with van der Waals surface area (Å²) >= 11 is 1.81. The average molecular weight is 261 g/mol. The van der Waals surface area contributed by atoms with Gasteiger partial charge in [0.2, 0.25) is 0 Å². The lowest BCUT2D eigenvalue weighted by Crippen LogP contribution is -2.16. The maximum absolute atomic E-state index is 13.8. The third kappa shape index (κ3) is 2.15. The Kier molecular flexibility index (Phi) is 3.08. The van der Waals surface area contributed by atoms with Crippen LogP contribution in [0.4, 0.5) is 10.1 Å². The third-order valence-electron chi connectivity index (χ3n) is 3.51. The molecule has 0 fully saturated rings. The second-order valence-electron chi connectivity index (χ2n) is 4.87. The van der Waals surface area contributed by atoms with E-state index in [1.165, 1.54) is 23.3 Å². The predicted molar refractivity (Wildman–Crippen MR) is 74.8 cm³/mol. The van der Waals surface area contributed by atoms with Gasteiger partial charge in [0.25, 0.3) is 0 Å². The summed E-state index contributed by atoms with van der Waals surface area (Å²) in [5.74, 6) is -0.155. The van der Waals surface area contributed by atoms with Gasteiger partial charge in [-0.15, -0.1) is 11.3 Å². The molecule has 1 atom stereocenters. The van der Waals surface area contributed by atoms with E-state index in [0.29, 0.717) is 5.69 Å². The zero-order valence-corrected chi connectivity index (χ0v) is 11.2. The Morgan fingerprint density at radius 2 is 2.22 bits per heavy atom. The predicted octanol–water partition coefficient (Wildman–Crippen LogP) is 4.69. The molecule has 1 aromatic carbocycles. The highest BCUT2D eigenvalue weighted by molar-refractivity contribution is 7.10. The summed E-state index contributed by atoms with van der Waals surface area (Å²) in [5, 5.41) is 5.49. The Bertz CT molecular complexity index is 561. The van der Waals surface area contributed by atoms with Gasteiger partial charge in [-0.1, -0.05) is 6.07 Å². The van der Waals surface area contributed by atoms with E-state index in [4.69, 9.17) is 0 Å². The Labute approximate surface area is 111 Å². The van der Waals surface area contributed by atoms with Gasteiger partial charge in [0, 0.05) is 4.88 Å². The molecular weight excluding hydrogens is 245 g/mol. The number of rotatable bonds is 2. The lowest BCUT2D eigenvalue weighted by Gasteiger charge is -2.25. The number of hydrogen-bond donors (Lipinski definition) is 1. The van der Waals surface area contributed by atoms with Crippen molar-refractivity contribution in [3.63, 3.8) is 0 Å². The van der Waals surface area contributed by atoms with E-state index in [1.807, 2.05) is 30.4 Å². The molecule has 1 nitrogen and oxygen atoms in total. The SMILES string of the molecule is Cc1ccc(NC2CCCc3sccc32)c(F)c1. The van der Waals surface area contributed by atoms with Crippen LogP contribution in [-0.4, -0.2) is 0 Å². The molecule has 1 aliphatic carbocycles. The first-order valence-electron chi connectivity index (χ1n) is 6.33. The van der Waals surface area contributed by atoms with Crippen LogP contribution >= 0.6 is 11.3 Å². The highest BCUT2D eigenvalue weighted by Gasteiger charge is 2.21. The van der Waals surface area contributed by atoms with Crippen molar-refractivity contribution in [2.24, 2.45) is 0 Å². The summed E-state index contributed by atoms with van der Waals surface area (Å²) in [6, 6.07) is 7.80. The Morgan fingerprint density at radius 3 is 3.06 bits per heavy atom. The van der Waals surface area contributed by atoms with Crippen molar-refractivity contribution in [3.8, 4) is 0 Å². The molecule has 0 aliphatic heterocycles. The highest BCUT2D eigenvalue weighted by Crippen LogP contribution is 2.35. The molecule has 1 N–H and O–H groups in total. The van der Waals surface area contributed by atoms with Gasteiger partial charge in [-0.25, -0.2) is 4.39 Å². The van der Waals surface area contributed by atoms with Crippen molar-refractivity contribution in [2.45, 2.75) is 32.2 Å². The van der Waals surface area contributed by atoms with E-state index in [1.54, 1.807) is 6.07 Å². The smallest absolute Gasteiger partial charge is 0.146 e. The van der Waals surface area contributed by atoms with Gasteiger partial charge in [0.1, 0.15) is 5.82 Å². The number of aryl methyl sites for hydroxylation is 2. The van der Waals surface area contributed by atoms with E-state index in [0.717, 1.165) is 12.0 Å². The van der Waals surface area contributed by atoms with Crippen LogP contribution in [0.15, 0.2) is 29.6 Å². The number of hydrogen-bond acceptors (Lipinski definition) is 2. The van der Waals surface area contributed by atoms with Crippen molar-refractivity contribution in [3.05, 3.63) is 51.5 Å². The number of benzene rings is 1. The van der Waals surface area contributed by atoms with E-state index < -0.39 is 0 Å². The highest BCUT2D eigenvalue weighted by atomic mass is 32.1. The van der Waals surface area contributed by atoms with Crippen molar-refractivity contribution in [1.82, 2.24) is 0 Å². The van der Waals surface area contributed by atoms with Crippen LogP contribution < -0.4 is 5.32 Å². The molecule has 0 amide bonds. The quantitative estimate of drug-likeness (QED) is 0.827. The maximum atomic E-state index is 13.8. The molecule has 1 unspecified atom stereocenters. The number of fused-ring (bicyclic) bond motifs is 1. The summed E-state index contributed by atoms with van der Waals surface area (Å²) in [7, 11) is 0. The summed E-state index contributed by atoms with van der Waals surface area (Å²) < 4.78 is 13.8. The minimum absolute atomic E-state index is 0.155. The van der Waals surface area contributed by atoms with Crippen LogP contribution in [0, 0.1) is 12.7 Å². The van der Waals surface area contributed by atoms with Crippen molar-refractivity contribution in [1.29, 1.82) is 0 Å². The molecule has 1 heterocycles. The van der Waals surface area contributed by atoms with Gasteiger partial charge in [0.15, 0.2) is 0 Å². The topological polar surface area (TPSA) is 12.0 Å². The lowest BCUT2D eigenvalue weighted by atomic mass is 9.94. The van der Waals surface area contributed by atoms with Gasteiger partial charge in [-0.3, -0.25) is 0 Å². The average Bonchev–Trinajstić information content (AvgIpc) is 2.82.